The molecule has 0 aromatic rings. The van der Waals surface area contributed by atoms with Crippen molar-refractivity contribution in [1.82, 2.24) is 0 Å². The van der Waals surface area contributed by atoms with Crippen LogP contribution in [0.15, 0.2) is 24.3 Å². The third-order valence-electron chi connectivity index (χ3n) is 10.7. The third-order valence-corrected chi connectivity index (χ3v) is 10.7. The molecule has 0 aromatic heterocycles. The minimum absolute atomic E-state index is 0.172. The Morgan fingerprint density at radius 3 is 2.52 bits per heavy atom. The van der Waals surface area contributed by atoms with E-state index in [1.165, 1.54) is 12.2 Å². The Morgan fingerprint density at radius 2 is 1.82 bits per heavy atom. The summed E-state index contributed by atoms with van der Waals surface area (Å²) in [5.74, 6) is -1.84. The van der Waals surface area contributed by atoms with E-state index in [1.807, 2.05) is 13.8 Å². The molecule has 13 atom stereocenters. The molecule has 6 rings (SSSR count). The van der Waals surface area contributed by atoms with Crippen LogP contribution in [-0.4, -0.2) is 107 Å². The average molecular weight is 565 g/mol. The molecule has 11 heteroatoms. The molecule has 0 radical (unpaired) electrons. The summed E-state index contributed by atoms with van der Waals surface area (Å²) in [6.45, 7) is 7.54. The van der Waals surface area contributed by atoms with E-state index in [-0.39, 0.29) is 25.7 Å². The maximum Gasteiger partial charge on any atom is 0.335 e. The Balaban J connectivity index is 1.37. The number of ether oxygens (including phenoxy) is 6. The van der Waals surface area contributed by atoms with E-state index in [4.69, 9.17) is 28.4 Å². The number of hydrogen-bond acceptors (Lipinski definition) is 11. The fourth-order valence-corrected chi connectivity index (χ4v) is 7.77. The van der Waals surface area contributed by atoms with Crippen LogP contribution in [0.25, 0.3) is 0 Å². The van der Waals surface area contributed by atoms with Crippen LogP contribution in [-0.2, 0) is 38.0 Å². The molecule has 11 nitrogen and oxygen atoms in total. The molecule has 5 fully saturated rings. The Kier molecular flexibility index (Phi) is 6.77. The van der Waals surface area contributed by atoms with Gasteiger partial charge in [0.2, 0.25) is 0 Å². The van der Waals surface area contributed by atoms with E-state index in [2.05, 4.69) is 0 Å². The zero-order chi connectivity index (χ0) is 28.7. The van der Waals surface area contributed by atoms with Gasteiger partial charge in [-0.15, -0.1) is 0 Å². The highest BCUT2D eigenvalue weighted by molar-refractivity contribution is 5.82. The Labute approximate surface area is 233 Å². The molecule has 5 unspecified atom stereocenters. The van der Waals surface area contributed by atoms with Gasteiger partial charge in [-0.1, -0.05) is 32.1 Å². The lowest BCUT2D eigenvalue weighted by molar-refractivity contribution is -0.261. The number of fused-ring (bicyclic) bond motifs is 2. The van der Waals surface area contributed by atoms with Gasteiger partial charge in [0.1, 0.15) is 36.1 Å². The molecule has 40 heavy (non-hydrogen) atoms. The van der Waals surface area contributed by atoms with Crippen molar-refractivity contribution in [2.24, 2.45) is 16.7 Å². The van der Waals surface area contributed by atoms with Crippen molar-refractivity contribution in [2.45, 2.75) is 107 Å². The summed E-state index contributed by atoms with van der Waals surface area (Å²) in [4.78, 5) is 26.2. The van der Waals surface area contributed by atoms with Crippen molar-refractivity contribution in [3.63, 3.8) is 0 Å². The zero-order valence-electron chi connectivity index (χ0n) is 23.4. The average Bonchev–Trinajstić information content (AvgIpc) is 3.82. The van der Waals surface area contributed by atoms with Gasteiger partial charge in [-0.2, -0.15) is 0 Å². The van der Waals surface area contributed by atoms with Gasteiger partial charge in [0.05, 0.1) is 36.4 Å². The summed E-state index contributed by atoms with van der Waals surface area (Å²) in [7, 11) is 0. The van der Waals surface area contributed by atoms with Crippen molar-refractivity contribution >= 4 is 11.9 Å². The predicted octanol–water partition coefficient (Wildman–Crippen LogP) is 0.575. The van der Waals surface area contributed by atoms with Crippen LogP contribution < -0.4 is 0 Å². The zero-order valence-corrected chi connectivity index (χ0v) is 23.4. The molecule has 2 bridgehead atoms. The molecule has 2 saturated carbocycles. The number of cyclic esters (lactones) is 1. The third kappa shape index (κ3) is 3.96. The van der Waals surface area contributed by atoms with E-state index in [9.17, 15) is 24.9 Å². The van der Waals surface area contributed by atoms with Crippen molar-refractivity contribution in [3.8, 4) is 0 Å². The van der Waals surface area contributed by atoms with E-state index in [0.717, 1.165) is 0 Å². The highest BCUT2D eigenvalue weighted by Crippen LogP contribution is 2.75. The maximum atomic E-state index is 13.2. The van der Waals surface area contributed by atoms with Gasteiger partial charge in [-0.25, -0.2) is 9.59 Å². The molecule has 0 amide bonds. The van der Waals surface area contributed by atoms with E-state index in [1.54, 1.807) is 26.0 Å². The molecule has 4 heterocycles. The van der Waals surface area contributed by atoms with Gasteiger partial charge >= 0.3 is 11.9 Å². The van der Waals surface area contributed by atoms with Gasteiger partial charge in [0, 0.05) is 24.5 Å². The van der Waals surface area contributed by atoms with Crippen molar-refractivity contribution in [1.29, 1.82) is 0 Å². The standard InChI is InChI=1S/C29H40O11/c1-15-9-10-35-17(16(2)30)7-5-6-8-21(32)38-19-11-20-29(14-37-29)27(19,4)28(13-36-25(34)22(15)33)12-18(31)26(3)23(40-26)24(28)39-20/h5-8,15-20,22-24,30-31,33H,9-14H2,1-4H3/b7-5+,8-6-/t15?,16?,17?,18-,19-,20-,22?,23+,24-,26-,27-,28-,29?/m1/s1. The topological polar surface area (TPSA) is 157 Å². The van der Waals surface area contributed by atoms with Crippen LogP contribution in [0.3, 0.4) is 0 Å². The first-order chi connectivity index (χ1) is 18.9. The van der Waals surface area contributed by atoms with Gasteiger partial charge in [-0.3, -0.25) is 0 Å². The number of rotatable bonds is 1. The highest BCUT2D eigenvalue weighted by atomic mass is 16.7. The van der Waals surface area contributed by atoms with Gasteiger partial charge in [0.15, 0.2) is 6.10 Å². The van der Waals surface area contributed by atoms with Gasteiger partial charge < -0.3 is 43.7 Å². The number of aliphatic hydroxyl groups is 3. The Morgan fingerprint density at radius 1 is 1.07 bits per heavy atom. The van der Waals surface area contributed by atoms with E-state index >= 15 is 0 Å². The molecule has 3 N–H and O–H groups in total. The van der Waals surface area contributed by atoms with Crippen LogP contribution in [0.1, 0.15) is 47.0 Å². The lowest BCUT2D eigenvalue weighted by atomic mass is 9.49. The molecule has 2 spiro atoms. The van der Waals surface area contributed by atoms with Crippen LogP contribution >= 0.6 is 0 Å². The molecular formula is C29H40O11. The second-order valence-electron chi connectivity index (χ2n) is 12.8. The van der Waals surface area contributed by atoms with Crippen molar-refractivity contribution in [2.75, 3.05) is 19.8 Å². The fourth-order valence-electron chi connectivity index (χ4n) is 7.77. The highest BCUT2D eigenvalue weighted by Gasteiger charge is 2.87. The number of allylic oxidation sites excluding steroid dienone is 2. The van der Waals surface area contributed by atoms with Crippen LogP contribution in [0.2, 0.25) is 0 Å². The monoisotopic (exact) mass is 564 g/mol. The smallest absolute Gasteiger partial charge is 0.335 e. The lowest BCUT2D eigenvalue weighted by Gasteiger charge is -2.59. The summed E-state index contributed by atoms with van der Waals surface area (Å²) >= 11 is 0. The van der Waals surface area contributed by atoms with Crippen molar-refractivity contribution < 1.29 is 53.3 Å². The predicted molar refractivity (Wildman–Crippen MR) is 137 cm³/mol. The largest absolute Gasteiger partial charge is 0.463 e. The minimum atomic E-state index is -1.41. The number of epoxide rings is 2. The lowest BCUT2D eigenvalue weighted by Crippen LogP contribution is -2.71. The molecule has 0 aromatic carbocycles. The SMILES string of the molecule is CC(O)C1/C=C/C=C\C(=O)O[C@@H]2C[C@H]3O[C@@H]4[C@@H]5O[C@]5(C)[C@H](O)C[C@]4(COC(=O)C(O)C(C)CCO1)[C@]2(C)C31CO1. The molecule has 2 aliphatic carbocycles. The Bertz CT molecular complexity index is 1100. The first kappa shape index (κ1) is 28.3. The van der Waals surface area contributed by atoms with E-state index < -0.39 is 82.6 Å². The van der Waals surface area contributed by atoms with E-state index in [0.29, 0.717) is 19.4 Å². The number of aliphatic hydroxyl groups excluding tert-OH is 3. The first-order valence-electron chi connectivity index (χ1n) is 14.2. The summed E-state index contributed by atoms with van der Waals surface area (Å²) in [6.07, 6.45) is 1.29. The van der Waals surface area contributed by atoms with Gasteiger partial charge in [-0.05, 0) is 32.6 Å². The second kappa shape index (κ2) is 9.58. The normalized spacial score (nSPS) is 54.6. The quantitative estimate of drug-likeness (QED) is 0.302. The number of carbonyl (C=O) groups is 2. The summed E-state index contributed by atoms with van der Waals surface area (Å²) in [5, 5.41) is 32.2. The first-order valence-corrected chi connectivity index (χ1v) is 14.2. The maximum absolute atomic E-state index is 13.2. The molecule has 222 valence electrons. The summed E-state index contributed by atoms with van der Waals surface area (Å²) < 4.78 is 36.4. The van der Waals surface area contributed by atoms with Crippen LogP contribution in [0.4, 0.5) is 0 Å². The van der Waals surface area contributed by atoms with Crippen molar-refractivity contribution in [3.05, 3.63) is 24.3 Å². The minimum Gasteiger partial charge on any atom is -0.463 e. The number of hydrogen-bond donors (Lipinski definition) is 3. The summed E-state index contributed by atoms with van der Waals surface area (Å²) in [5.41, 5.74) is -3.42. The molecule has 4 aliphatic heterocycles. The molecular weight excluding hydrogens is 524 g/mol. The number of carbonyl (C=O) groups excluding carboxylic acids is 2. The van der Waals surface area contributed by atoms with Crippen LogP contribution in [0, 0.1) is 16.7 Å². The Hall–Kier alpha value is -1.86. The van der Waals surface area contributed by atoms with Gasteiger partial charge in [0.25, 0.3) is 0 Å². The number of esters is 2. The van der Waals surface area contributed by atoms with Crippen LogP contribution in [0.5, 0.6) is 0 Å². The molecule has 3 saturated heterocycles. The second-order valence-corrected chi connectivity index (χ2v) is 12.8. The molecule has 6 aliphatic rings. The summed E-state index contributed by atoms with van der Waals surface area (Å²) in [6, 6.07) is 0. The fraction of sp³-hybridized carbons (Fsp3) is 0.793.